The summed E-state index contributed by atoms with van der Waals surface area (Å²) in [5, 5.41) is 5.40. The minimum atomic E-state index is 0.585. The lowest BCUT2D eigenvalue weighted by atomic mass is 10.1. The van der Waals surface area contributed by atoms with Crippen molar-refractivity contribution in [2.24, 2.45) is 0 Å². The molecule has 3 heterocycles. The van der Waals surface area contributed by atoms with Crippen LogP contribution in [0.4, 0.5) is 5.82 Å². The Hall–Kier alpha value is -2.80. The molecule has 120 valence electrons. The van der Waals surface area contributed by atoms with Crippen LogP contribution in [0.2, 0.25) is 0 Å². The molecule has 0 saturated heterocycles. The number of aryl methyl sites for hydroxylation is 2. The number of rotatable bonds is 4. The van der Waals surface area contributed by atoms with Crippen molar-refractivity contribution in [3.63, 3.8) is 0 Å². The van der Waals surface area contributed by atoms with Crippen molar-refractivity contribution in [2.45, 2.75) is 20.4 Å². The van der Waals surface area contributed by atoms with Crippen molar-refractivity contribution in [2.75, 3.05) is 5.32 Å². The molecule has 0 unspecified atom stereocenters. The smallest absolute Gasteiger partial charge is 0.137 e. The molecule has 6 nitrogen and oxygen atoms in total. The van der Waals surface area contributed by atoms with Crippen molar-refractivity contribution in [1.82, 2.24) is 24.9 Å². The number of fused-ring (bicyclic) bond motifs is 1. The second-order valence-electron chi connectivity index (χ2n) is 5.49. The Morgan fingerprint density at radius 1 is 1.17 bits per heavy atom. The third-order valence-corrected chi connectivity index (χ3v) is 4.90. The third kappa shape index (κ3) is 2.74. The number of thiazole rings is 1. The molecule has 0 bridgehead atoms. The number of anilines is 1. The van der Waals surface area contributed by atoms with Gasteiger partial charge in [0.25, 0.3) is 0 Å². The van der Waals surface area contributed by atoms with Crippen molar-refractivity contribution >= 4 is 28.1 Å². The van der Waals surface area contributed by atoms with E-state index in [1.165, 1.54) is 4.88 Å². The average molecular weight is 336 g/mol. The standard InChI is InChI=1S/C17H16N6S/c1-10-16(24-11(2)23-10)12-3-4-14-13(7-12)17(22-9-21-14)20-8-15-18-5-6-19-15/h3-7,9H,8H2,1-2H3,(H,18,19)(H,20,21,22). The van der Waals surface area contributed by atoms with E-state index in [9.17, 15) is 0 Å². The van der Waals surface area contributed by atoms with Gasteiger partial charge in [-0.25, -0.2) is 19.9 Å². The number of nitrogens with zero attached hydrogens (tertiary/aromatic N) is 4. The van der Waals surface area contributed by atoms with Crippen LogP contribution >= 0.6 is 11.3 Å². The molecular formula is C17H16N6S. The molecular weight excluding hydrogens is 320 g/mol. The van der Waals surface area contributed by atoms with Gasteiger partial charge in [0.05, 0.1) is 27.6 Å². The van der Waals surface area contributed by atoms with Gasteiger partial charge in [-0.15, -0.1) is 11.3 Å². The first-order valence-electron chi connectivity index (χ1n) is 7.62. The van der Waals surface area contributed by atoms with Crippen LogP contribution in [0.3, 0.4) is 0 Å². The zero-order valence-electron chi connectivity index (χ0n) is 13.4. The molecule has 2 N–H and O–H groups in total. The Labute approximate surface area is 143 Å². The maximum atomic E-state index is 4.52. The average Bonchev–Trinajstić information content (AvgIpc) is 3.21. The monoisotopic (exact) mass is 336 g/mol. The van der Waals surface area contributed by atoms with E-state index < -0.39 is 0 Å². The number of benzene rings is 1. The molecule has 0 saturated carbocycles. The molecule has 24 heavy (non-hydrogen) atoms. The minimum absolute atomic E-state index is 0.585. The van der Waals surface area contributed by atoms with Gasteiger partial charge in [0.2, 0.25) is 0 Å². The van der Waals surface area contributed by atoms with Gasteiger partial charge in [0.1, 0.15) is 18.0 Å². The Balaban J connectivity index is 1.74. The van der Waals surface area contributed by atoms with Crippen LogP contribution < -0.4 is 5.32 Å². The van der Waals surface area contributed by atoms with E-state index in [0.717, 1.165) is 38.8 Å². The summed E-state index contributed by atoms with van der Waals surface area (Å²) < 4.78 is 0. The number of aromatic amines is 1. The predicted molar refractivity (Wildman–Crippen MR) is 96.0 cm³/mol. The summed E-state index contributed by atoms with van der Waals surface area (Å²) in [5.41, 5.74) is 3.11. The molecule has 1 aromatic carbocycles. The first-order chi connectivity index (χ1) is 11.7. The fraction of sp³-hybridized carbons (Fsp3) is 0.176. The number of hydrogen-bond acceptors (Lipinski definition) is 6. The van der Waals surface area contributed by atoms with Crippen LogP contribution in [0.5, 0.6) is 0 Å². The van der Waals surface area contributed by atoms with Gasteiger partial charge in [-0.2, -0.15) is 0 Å². The molecule has 0 aliphatic heterocycles. The highest BCUT2D eigenvalue weighted by Gasteiger charge is 2.11. The predicted octanol–water partition coefficient (Wildman–Crippen LogP) is 3.71. The molecule has 0 fully saturated rings. The van der Waals surface area contributed by atoms with E-state index in [4.69, 9.17) is 0 Å². The highest BCUT2D eigenvalue weighted by molar-refractivity contribution is 7.15. The molecule has 7 heteroatoms. The van der Waals surface area contributed by atoms with Gasteiger partial charge < -0.3 is 10.3 Å². The quantitative estimate of drug-likeness (QED) is 0.594. The summed E-state index contributed by atoms with van der Waals surface area (Å²) in [6.45, 7) is 4.66. The summed E-state index contributed by atoms with van der Waals surface area (Å²) in [5.74, 6) is 1.67. The normalized spacial score (nSPS) is 11.1. The number of H-pyrrole nitrogens is 1. The van der Waals surface area contributed by atoms with Crippen molar-refractivity contribution in [1.29, 1.82) is 0 Å². The maximum absolute atomic E-state index is 4.52. The zero-order valence-corrected chi connectivity index (χ0v) is 14.2. The molecule has 0 radical (unpaired) electrons. The van der Waals surface area contributed by atoms with Crippen LogP contribution in [0, 0.1) is 13.8 Å². The molecule has 3 aromatic heterocycles. The summed E-state index contributed by atoms with van der Waals surface area (Å²) in [6, 6.07) is 6.24. The van der Waals surface area contributed by atoms with Crippen LogP contribution in [-0.4, -0.2) is 24.9 Å². The zero-order chi connectivity index (χ0) is 16.5. The van der Waals surface area contributed by atoms with E-state index in [0.29, 0.717) is 6.54 Å². The van der Waals surface area contributed by atoms with E-state index in [1.54, 1.807) is 23.9 Å². The second kappa shape index (κ2) is 6.01. The van der Waals surface area contributed by atoms with Gasteiger partial charge in [-0.1, -0.05) is 6.07 Å². The summed E-state index contributed by atoms with van der Waals surface area (Å²) in [6.07, 6.45) is 5.12. The summed E-state index contributed by atoms with van der Waals surface area (Å²) in [4.78, 5) is 21.8. The Bertz CT molecular complexity index is 990. The van der Waals surface area contributed by atoms with E-state index in [2.05, 4.69) is 42.4 Å². The van der Waals surface area contributed by atoms with Crippen LogP contribution in [0.1, 0.15) is 16.5 Å². The fourth-order valence-corrected chi connectivity index (χ4v) is 3.62. The molecule has 0 aliphatic rings. The third-order valence-electron chi connectivity index (χ3n) is 3.78. The molecule has 4 rings (SSSR count). The number of imidazole rings is 1. The Kier molecular flexibility index (Phi) is 3.70. The molecule has 0 atom stereocenters. The minimum Gasteiger partial charge on any atom is -0.362 e. The van der Waals surface area contributed by atoms with Crippen molar-refractivity contribution in [3.05, 3.63) is 53.4 Å². The number of hydrogen-bond donors (Lipinski definition) is 2. The molecule has 0 amide bonds. The van der Waals surface area contributed by atoms with Crippen LogP contribution in [0.15, 0.2) is 36.9 Å². The van der Waals surface area contributed by atoms with Crippen molar-refractivity contribution in [3.8, 4) is 10.4 Å². The van der Waals surface area contributed by atoms with E-state index >= 15 is 0 Å². The Morgan fingerprint density at radius 2 is 2.08 bits per heavy atom. The number of aromatic nitrogens is 5. The first kappa shape index (κ1) is 14.8. The summed E-state index contributed by atoms with van der Waals surface area (Å²) >= 11 is 1.71. The fourth-order valence-electron chi connectivity index (χ4n) is 2.70. The number of nitrogens with one attached hydrogen (secondary N) is 2. The lowest BCUT2D eigenvalue weighted by molar-refractivity contribution is 0.988. The summed E-state index contributed by atoms with van der Waals surface area (Å²) in [7, 11) is 0. The molecule has 4 aromatic rings. The van der Waals surface area contributed by atoms with Crippen LogP contribution in [0.25, 0.3) is 21.3 Å². The highest BCUT2D eigenvalue weighted by atomic mass is 32.1. The first-order valence-corrected chi connectivity index (χ1v) is 8.43. The molecule has 0 spiro atoms. The lowest BCUT2D eigenvalue weighted by Gasteiger charge is -2.08. The SMILES string of the molecule is Cc1nc(C)c(-c2ccc3ncnc(NCc4ncc[nH]4)c3c2)s1. The second-order valence-corrected chi connectivity index (χ2v) is 6.69. The van der Waals surface area contributed by atoms with Crippen molar-refractivity contribution < 1.29 is 0 Å². The Morgan fingerprint density at radius 3 is 2.83 bits per heavy atom. The van der Waals surface area contributed by atoms with Gasteiger partial charge in [-0.05, 0) is 31.5 Å². The topological polar surface area (TPSA) is 79.4 Å². The van der Waals surface area contributed by atoms with Gasteiger partial charge >= 0.3 is 0 Å². The van der Waals surface area contributed by atoms with Gasteiger partial charge in [0.15, 0.2) is 0 Å². The highest BCUT2D eigenvalue weighted by Crippen LogP contribution is 2.32. The lowest BCUT2D eigenvalue weighted by Crippen LogP contribution is -2.04. The molecule has 0 aliphatic carbocycles. The van der Waals surface area contributed by atoms with Crippen LogP contribution in [-0.2, 0) is 6.54 Å². The largest absolute Gasteiger partial charge is 0.362 e. The van der Waals surface area contributed by atoms with E-state index in [1.807, 2.05) is 26.1 Å². The van der Waals surface area contributed by atoms with Gasteiger partial charge in [-0.3, -0.25) is 0 Å². The maximum Gasteiger partial charge on any atom is 0.137 e. The van der Waals surface area contributed by atoms with E-state index in [-0.39, 0.29) is 0 Å². The van der Waals surface area contributed by atoms with Gasteiger partial charge in [0, 0.05) is 17.8 Å².